The summed E-state index contributed by atoms with van der Waals surface area (Å²) in [6.45, 7) is 0.463. The smallest absolute Gasteiger partial charge is 0.255 e. The van der Waals surface area contributed by atoms with Crippen molar-refractivity contribution in [3.63, 3.8) is 0 Å². The lowest BCUT2D eigenvalue weighted by Crippen LogP contribution is -2.52. The molecule has 2 heterocycles. The van der Waals surface area contributed by atoms with E-state index >= 15 is 0 Å². The molecule has 0 bridgehead atoms. The van der Waals surface area contributed by atoms with Gasteiger partial charge in [0.1, 0.15) is 6.04 Å². The molecule has 1 aromatic carbocycles. The van der Waals surface area contributed by atoms with Crippen molar-refractivity contribution in [2.24, 2.45) is 11.3 Å². The standard InChI is InChI=1S/C26H33N3O3/c30-23-8-7-22(24(31)28-23)29-15-18-12-16(5-6-20(18)25(29)32)11-17-3-1-2-4-21(17)27-19-13-26(14-19)9-10-26/h5-6,12,17,19,21-22,27H,1-4,7-11,13-15H2,(H,28,30,31)/t17-,21+,22?/m1/s1. The summed E-state index contributed by atoms with van der Waals surface area (Å²) in [5.74, 6) is -0.0246. The number of nitrogens with zero attached hydrogens (tertiary/aromatic N) is 1. The summed E-state index contributed by atoms with van der Waals surface area (Å²) in [5, 5.41) is 6.38. The van der Waals surface area contributed by atoms with Gasteiger partial charge in [-0.25, -0.2) is 0 Å². The minimum absolute atomic E-state index is 0.0859. The molecule has 3 amide bonds. The molecule has 2 aliphatic heterocycles. The summed E-state index contributed by atoms with van der Waals surface area (Å²) in [4.78, 5) is 38.4. The highest BCUT2D eigenvalue weighted by atomic mass is 16.2. The van der Waals surface area contributed by atoms with E-state index in [1.165, 1.54) is 56.9 Å². The zero-order chi connectivity index (χ0) is 21.9. The van der Waals surface area contributed by atoms with Crippen molar-refractivity contribution in [3.8, 4) is 0 Å². The Morgan fingerprint density at radius 2 is 1.88 bits per heavy atom. The number of fused-ring (bicyclic) bond motifs is 1. The summed E-state index contributed by atoms with van der Waals surface area (Å²) in [6.07, 6.45) is 12.6. The third kappa shape index (κ3) is 3.66. The summed E-state index contributed by atoms with van der Waals surface area (Å²) >= 11 is 0. The van der Waals surface area contributed by atoms with E-state index < -0.39 is 6.04 Å². The van der Waals surface area contributed by atoms with Crippen LogP contribution in [0, 0.1) is 11.3 Å². The third-order valence-corrected chi connectivity index (χ3v) is 8.76. The van der Waals surface area contributed by atoms with Crippen molar-refractivity contribution in [2.45, 2.75) is 95.3 Å². The Bertz CT molecular complexity index is 961. The van der Waals surface area contributed by atoms with E-state index in [4.69, 9.17) is 0 Å². The number of benzene rings is 1. The Balaban J connectivity index is 1.12. The maximum absolute atomic E-state index is 12.9. The average molecular weight is 436 g/mol. The van der Waals surface area contributed by atoms with Gasteiger partial charge >= 0.3 is 0 Å². The Labute approximate surface area is 189 Å². The normalized spacial score (nSPS) is 31.4. The first-order valence-corrected chi connectivity index (χ1v) is 12.5. The zero-order valence-electron chi connectivity index (χ0n) is 18.7. The molecule has 1 spiro atoms. The zero-order valence-corrected chi connectivity index (χ0v) is 18.7. The second-order valence-electron chi connectivity index (χ2n) is 11.0. The number of rotatable bonds is 5. The molecule has 6 rings (SSSR count). The van der Waals surface area contributed by atoms with Crippen LogP contribution in [0.15, 0.2) is 18.2 Å². The molecule has 6 nitrogen and oxygen atoms in total. The lowest BCUT2D eigenvalue weighted by molar-refractivity contribution is -0.136. The van der Waals surface area contributed by atoms with Gasteiger partial charge in [0.25, 0.3) is 5.91 Å². The lowest BCUT2D eigenvalue weighted by atomic mass is 9.74. The van der Waals surface area contributed by atoms with Crippen LogP contribution in [0.4, 0.5) is 0 Å². The molecule has 32 heavy (non-hydrogen) atoms. The molecule has 170 valence electrons. The van der Waals surface area contributed by atoms with Gasteiger partial charge in [-0.3, -0.25) is 19.7 Å². The molecule has 1 unspecified atom stereocenters. The van der Waals surface area contributed by atoms with Gasteiger partial charge < -0.3 is 10.2 Å². The lowest BCUT2D eigenvalue weighted by Gasteiger charge is -2.42. The van der Waals surface area contributed by atoms with Gasteiger partial charge in [0.05, 0.1) is 0 Å². The SMILES string of the molecule is O=C1CCC(N2Cc3cc(C[C@H]4CCCC[C@@H]4NC4CC5(CC5)C4)ccc3C2=O)C(=O)N1. The second kappa shape index (κ2) is 7.68. The highest BCUT2D eigenvalue weighted by Crippen LogP contribution is 2.60. The number of carbonyl (C=O) groups excluding carboxylic acids is 3. The molecule has 4 fully saturated rings. The van der Waals surface area contributed by atoms with Crippen LogP contribution in [0.1, 0.15) is 85.7 Å². The Morgan fingerprint density at radius 3 is 2.66 bits per heavy atom. The molecule has 3 saturated carbocycles. The van der Waals surface area contributed by atoms with Crippen molar-refractivity contribution >= 4 is 17.7 Å². The largest absolute Gasteiger partial charge is 0.322 e. The first kappa shape index (κ1) is 20.4. The fraction of sp³-hybridized carbons (Fsp3) is 0.654. The predicted molar refractivity (Wildman–Crippen MR) is 120 cm³/mol. The molecule has 1 aromatic rings. The molecule has 3 aliphatic carbocycles. The van der Waals surface area contributed by atoms with Gasteiger partial charge in [-0.15, -0.1) is 0 Å². The van der Waals surface area contributed by atoms with Gasteiger partial charge in [-0.1, -0.05) is 25.0 Å². The van der Waals surface area contributed by atoms with E-state index in [0.29, 0.717) is 36.9 Å². The molecular formula is C26H33N3O3. The molecule has 5 aliphatic rings. The molecule has 2 N–H and O–H groups in total. The van der Waals surface area contributed by atoms with E-state index in [2.05, 4.69) is 22.8 Å². The maximum Gasteiger partial charge on any atom is 0.255 e. The fourth-order valence-corrected chi connectivity index (χ4v) is 6.72. The number of imide groups is 1. The number of piperidine rings is 1. The summed E-state index contributed by atoms with van der Waals surface area (Å²) in [5.41, 5.74) is 3.77. The Morgan fingerprint density at radius 1 is 1.06 bits per heavy atom. The van der Waals surface area contributed by atoms with Crippen LogP contribution in [-0.4, -0.2) is 40.7 Å². The topological polar surface area (TPSA) is 78.5 Å². The van der Waals surface area contributed by atoms with Crippen LogP contribution in [0.5, 0.6) is 0 Å². The molecule has 3 atom stereocenters. The first-order chi connectivity index (χ1) is 15.5. The van der Waals surface area contributed by atoms with Crippen molar-refractivity contribution in [2.75, 3.05) is 0 Å². The highest BCUT2D eigenvalue weighted by Gasteiger charge is 2.53. The predicted octanol–water partition coefficient (Wildman–Crippen LogP) is 3.08. The minimum atomic E-state index is -0.541. The van der Waals surface area contributed by atoms with Crippen LogP contribution < -0.4 is 10.6 Å². The van der Waals surface area contributed by atoms with Crippen LogP contribution in [0.3, 0.4) is 0 Å². The summed E-state index contributed by atoms with van der Waals surface area (Å²) in [7, 11) is 0. The summed E-state index contributed by atoms with van der Waals surface area (Å²) < 4.78 is 0. The van der Waals surface area contributed by atoms with E-state index in [1.807, 2.05) is 6.07 Å². The van der Waals surface area contributed by atoms with Crippen molar-refractivity contribution in [1.29, 1.82) is 0 Å². The van der Waals surface area contributed by atoms with Crippen molar-refractivity contribution in [3.05, 3.63) is 34.9 Å². The van der Waals surface area contributed by atoms with E-state index in [9.17, 15) is 14.4 Å². The summed E-state index contributed by atoms with van der Waals surface area (Å²) in [6, 6.07) is 7.04. The van der Waals surface area contributed by atoms with Crippen LogP contribution in [0.2, 0.25) is 0 Å². The molecule has 0 aromatic heterocycles. The quantitative estimate of drug-likeness (QED) is 0.697. The van der Waals surface area contributed by atoms with Crippen LogP contribution in [-0.2, 0) is 22.6 Å². The number of hydrogen-bond donors (Lipinski definition) is 2. The first-order valence-electron chi connectivity index (χ1n) is 12.5. The van der Waals surface area contributed by atoms with Gasteiger partial charge in [0.15, 0.2) is 0 Å². The number of carbonyl (C=O) groups is 3. The van der Waals surface area contributed by atoms with Gasteiger partial charge in [0.2, 0.25) is 11.8 Å². The third-order valence-electron chi connectivity index (χ3n) is 8.76. The number of hydrogen-bond acceptors (Lipinski definition) is 4. The van der Waals surface area contributed by atoms with Crippen molar-refractivity contribution in [1.82, 2.24) is 15.5 Å². The Hall–Kier alpha value is -2.21. The molecule has 0 radical (unpaired) electrons. The second-order valence-corrected chi connectivity index (χ2v) is 11.0. The molecule has 1 saturated heterocycles. The van der Waals surface area contributed by atoms with Gasteiger partial charge in [-0.05, 0) is 79.9 Å². The van der Waals surface area contributed by atoms with E-state index in [-0.39, 0.29) is 17.7 Å². The molecular weight excluding hydrogens is 402 g/mol. The molecule has 6 heteroatoms. The maximum atomic E-state index is 12.9. The van der Waals surface area contributed by atoms with Gasteiger partial charge in [-0.2, -0.15) is 0 Å². The monoisotopic (exact) mass is 435 g/mol. The number of amides is 3. The average Bonchev–Trinajstić information content (AvgIpc) is 3.48. The highest BCUT2D eigenvalue weighted by molar-refractivity contribution is 6.05. The van der Waals surface area contributed by atoms with Crippen LogP contribution in [0.25, 0.3) is 0 Å². The number of nitrogens with one attached hydrogen (secondary N) is 2. The van der Waals surface area contributed by atoms with E-state index in [0.717, 1.165) is 23.4 Å². The fourth-order valence-electron chi connectivity index (χ4n) is 6.72. The van der Waals surface area contributed by atoms with Gasteiger partial charge in [0, 0.05) is 30.6 Å². The van der Waals surface area contributed by atoms with Crippen LogP contribution >= 0.6 is 0 Å². The Kier molecular flexibility index (Phi) is 4.90. The minimum Gasteiger partial charge on any atom is -0.322 e. The van der Waals surface area contributed by atoms with E-state index in [1.54, 1.807) is 4.90 Å². The van der Waals surface area contributed by atoms with Crippen molar-refractivity contribution < 1.29 is 14.4 Å².